The molecule has 0 spiro atoms. The summed E-state index contributed by atoms with van der Waals surface area (Å²) in [6, 6.07) is 13.4. The third kappa shape index (κ3) is 5.93. The first-order chi connectivity index (χ1) is 18.8. The summed E-state index contributed by atoms with van der Waals surface area (Å²) in [5.41, 5.74) is 2.91. The maximum Gasteiger partial charge on any atom is 0.335 e. The number of nitrogens with zero attached hydrogens (tertiary/aromatic N) is 3. The zero-order valence-electron chi connectivity index (χ0n) is 21.8. The predicted octanol–water partition coefficient (Wildman–Crippen LogP) is 6.43. The minimum atomic E-state index is -1.01. The molecule has 0 saturated heterocycles. The van der Waals surface area contributed by atoms with Crippen molar-refractivity contribution in [2.24, 2.45) is 13.0 Å². The molecule has 2 heterocycles. The molecule has 39 heavy (non-hydrogen) atoms. The Hall–Kier alpha value is -3.85. The van der Waals surface area contributed by atoms with Gasteiger partial charge in [0, 0.05) is 41.9 Å². The molecule has 204 valence electrons. The van der Waals surface area contributed by atoms with Crippen molar-refractivity contribution in [1.82, 2.24) is 14.5 Å². The lowest BCUT2D eigenvalue weighted by molar-refractivity contribution is 0.0696. The van der Waals surface area contributed by atoms with E-state index in [-0.39, 0.29) is 12.2 Å². The van der Waals surface area contributed by atoms with E-state index in [0.29, 0.717) is 51.0 Å². The number of carboxylic acid groups (broad SMARTS) is 1. The lowest BCUT2D eigenvalue weighted by Gasteiger charge is -2.28. The van der Waals surface area contributed by atoms with Crippen molar-refractivity contribution < 1.29 is 23.8 Å². The number of benzene rings is 2. The molecular weight excluding hydrogens is 523 g/mol. The highest BCUT2D eigenvalue weighted by molar-refractivity contribution is 6.30. The van der Waals surface area contributed by atoms with Crippen LogP contribution in [0.15, 0.2) is 48.5 Å². The van der Waals surface area contributed by atoms with Gasteiger partial charge in [0.1, 0.15) is 23.7 Å². The summed E-state index contributed by atoms with van der Waals surface area (Å²) in [6.45, 7) is 0.852. The summed E-state index contributed by atoms with van der Waals surface area (Å²) in [5, 5.41) is 13.2. The van der Waals surface area contributed by atoms with Gasteiger partial charge in [-0.3, -0.25) is 0 Å². The molecule has 0 radical (unpaired) electrons. The topological polar surface area (TPSA) is 98.5 Å². The number of halogens is 2. The number of ether oxygens (including phenoxy) is 2. The van der Waals surface area contributed by atoms with Crippen molar-refractivity contribution in [2.45, 2.75) is 38.2 Å². The standard InChI is InChI=1S/C29H30ClFN4O4/c1-35-24-12-20(28(36)37)13-25(38-2)27(24)34-29(35)32-15-17-6-8-18(9-7-17)23-4-3-5-26(33-23)39-16-19-10-11-21(30)14-22(19)31/h3-5,10-14,17-18H,6-9,15-16H2,1-2H3,(H,32,34)(H,36,37). The molecule has 1 aliphatic rings. The maximum absolute atomic E-state index is 14.1. The average molecular weight is 553 g/mol. The molecule has 5 rings (SSSR count). The second-order valence-electron chi connectivity index (χ2n) is 9.87. The number of nitrogens with one attached hydrogen (secondary N) is 1. The molecule has 0 amide bonds. The largest absolute Gasteiger partial charge is 0.494 e. The van der Waals surface area contributed by atoms with Gasteiger partial charge in [0.05, 0.1) is 18.2 Å². The fraction of sp³-hybridized carbons (Fsp3) is 0.345. The van der Waals surface area contributed by atoms with Crippen molar-refractivity contribution >= 4 is 34.6 Å². The lowest BCUT2D eigenvalue weighted by Crippen LogP contribution is -2.22. The number of fused-ring (bicyclic) bond motifs is 1. The molecule has 2 aromatic heterocycles. The monoisotopic (exact) mass is 552 g/mol. The average Bonchev–Trinajstić information content (AvgIpc) is 3.26. The van der Waals surface area contributed by atoms with Crippen molar-refractivity contribution in [2.75, 3.05) is 19.0 Å². The molecule has 0 atom stereocenters. The van der Waals surface area contributed by atoms with Gasteiger partial charge >= 0.3 is 5.97 Å². The Balaban J connectivity index is 1.17. The van der Waals surface area contributed by atoms with Gasteiger partial charge < -0.3 is 24.5 Å². The van der Waals surface area contributed by atoms with Gasteiger partial charge in [-0.1, -0.05) is 23.7 Å². The van der Waals surface area contributed by atoms with E-state index >= 15 is 0 Å². The van der Waals surface area contributed by atoms with Crippen LogP contribution in [0.25, 0.3) is 11.0 Å². The Morgan fingerprint density at radius 1 is 1.15 bits per heavy atom. The summed E-state index contributed by atoms with van der Waals surface area (Å²) >= 11 is 5.83. The molecule has 0 bridgehead atoms. The van der Waals surface area contributed by atoms with Crippen LogP contribution in [0.1, 0.15) is 53.2 Å². The van der Waals surface area contributed by atoms with Crippen molar-refractivity contribution in [3.05, 3.63) is 76.2 Å². The second-order valence-corrected chi connectivity index (χ2v) is 10.3. The summed E-state index contributed by atoms with van der Waals surface area (Å²) in [6.07, 6.45) is 4.09. The van der Waals surface area contributed by atoms with Gasteiger partial charge in [0.25, 0.3) is 0 Å². The van der Waals surface area contributed by atoms with E-state index in [4.69, 9.17) is 26.1 Å². The SMILES string of the molecule is COc1cc(C(=O)O)cc2c1nc(NCC1CCC(c3cccc(OCc4ccc(Cl)cc4F)n3)CC1)n2C. The fourth-order valence-corrected chi connectivity index (χ4v) is 5.28. The molecule has 1 fully saturated rings. The highest BCUT2D eigenvalue weighted by atomic mass is 35.5. The highest BCUT2D eigenvalue weighted by Crippen LogP contribution is 2.36. The highest BCUT2D eigenvalue weighted by Gasteiger charge is 2.24. The van der Waals surface area contributed by atoms with Crippen LogP contribution in [0.2, 0.25) is 5.02 Å². The van der Waals surface area contributed by atoms with Gasteiger partial charge in [-0.2, -0.15) is 0 Å². The first-order valence-corrected chi connectivity index (χ1v) is 13.3. The van der Waals surface area contributed by atoms with E-state index < -0.39 is 11.8 Å². The maximum atomic E-state index is 14.1. The van der Waals surface area contributed by atoms with Crippen LogP contribution in [0.4, 0.5) is 10.3 Å². The molecule has 1 saturated carbocycles. The van der Waals surface area contributed by atoms with E-state index in [2.05, 4.69) is 10.3 Å². The van der Waals surface area contributed by atoms with Gasteiger partial charge in [-0.25, -0.2) is 19.2 Å². The molecular formula is C29H30ClFN4O4. The third-order valence-electron chi connectivity index (χ3n) is 7.37. The van der Waals surface area contributed by atoms with Crippen LogP contribution in [0.3, 0.4) is 0 Å². The number of imidazole rings is 1. The van der Waals surface area contributed by atoms with Crippen LogP contribution in [0.5, 0.6) is 11.6 Å². The van der Waals surface area contributed by atoms with Gasteiger partial charge in [-0.15, -0.1) is 0 Å². The second kappa shape index (κ2) is 11.5. The molecule has 2 aromatic carbocycles. The Morgan fingerprint density at radius 3 is 2.67 bits per heavy atom. The van der Waals surface area contributed by atoms with Crippen LogP contribution >= 0.6 is 11.6 Å². The predicted molar refractivity (Wildman–Crippen MR) is 147 cm³/mol. The number of aryl methyl sites for hydroxylation is 1. The quantitative estimate of drug-likeness (QED) is 0.247. The zero-order chi connectivity index (χ0) is 27.5. The Morgan fingerprint density at radius 2 is 1.95 bits per heavy atom. The summed E-state index contributed by atoms with van der Waals surface area (Å²) in [5.74, 6) is 1.01. The summed E-state index contributed by atoms with van der Waals surface area (Å²) < 4.78 is 27.1. The Kier molecular flexibility index (Phi) is 7.88. The number of carboxylic acids is 1. The van der Waals surface area contributed by atoms with E-state index in [1.165, 1.54) is 19.2 Å². The van der Waals surface area contributed by atoms with Gasteiger partial charge in [0.2, 0.25) is 11.8 Å². The number of carbonyl (C=O) groups is 1. The summed E-state index contributed by atoms with van der Waals surface area (Å²) in [4.78, 5) is 20.9. The smallest absolute Gasteiger partial charge is 0.335 e. The molecule has 2 N–H and O–H groups in total. The number of rotatable bonds is 9. The molecule has 1 aliphatic carbocycles. The number of aromatic carboxylic acids is 1. The molecule has 0 aliphatic heterocycles. The van der Waals surface area contributed by atoms with Crippen LogP contribution < -0.4 is 14.8 Å². The van der Waals surface area contributed by atoms with Crippen LogP contribution in [0, 0.1) is 11.7 Å². The van der Waals surface area contributed by atoms with Gasteiger partial charge in [-0.05, 0) is 61.9 Å². The van der Waals surface area contributed by atoms with E-state index in [1.54, 1.807) is 24.3 Å². The normalized spacial score (nSPS) is 17.2. The zero-order valence-corrected chi connectivity index (χ0v) is 22.5. The molecule has 4 aromatic rings. The van der Waals surface area contributed by atoms with Crippen molar-refractivity contribution in [1.29, 1.82) is 0 Å². The lowest BCUT2D eigenvalue weighted by atomic mass is 9.80. The molecule has 0 unspecified atom stereocenters. The number of aromatic nitrogens is 3. The Bertz CT molecular complexity index is 1500. The first kappa shape index (κ1) is 26.7. The van der Waals surface area contributed by atoms with E-state index in [9.17, 15) is 14.3 Å². The number of anilines is 1. The number of hydrogen-bond acceptors (Lipinski definition) is 6. The number of methoxy groups -OCH3 is 1. The molecule has 10 heteroatoms. The summed E-state index contributed by atoms with van der Waals surface area (Å²) in [7, 11) is 3.37. The number of pyridine rings is 1. The van der Waals surface area contributed by atoms with Gasteiger partial charge in [0.15, 0.2) is 0 Å². The van der Waals surface area contributed by atoms with E-state index in [0.717, 1.165) is 37.9 Å². The van der Waals surface area contributed by atoms with E-state index in [1.807, 2.05) is 23.7 Å². The minimum Gasteiger partial charge on any atom is -0.494 e. The van der Waals surface area contributed by atoms with Crippen LogP contribution in [-0.2, 0) is 13.7 Å². The fourth-order valence-electron chi connectivity index (χ4n) is 5.12. The minimum absolute atomic E-state index is 0.0869. The third-order valence-corrected chi connectivity index (χ3v) is 7.60. The van der Waals surface area contributed by atoms with Crippen molar-refractivity contribution in [3.8, 4) is 11.6 Å². The van der Waals surface area contributed by atoms with Crippen molar-refractivity contribution in [3.63, 3.8) is 0 Å². The molecule has 8 nitrogen and oxygen atoms in total. The van der Waals surface area contributed by atoms with Crippen LogP contribution in [-0.4, -0.2) is 39.3 Å². The number of hydrogen-bond donors (Lipinski definition) is 2. The Labute approximate surface area is 230 Å². The first-order valence-electron chi connectivity index (χ1n) is 12.9.